The highest BCUT2D eigenvalue weighted by Gasteiger charge is 2.10. The minimum Gasteiger partial charge on any atom is -0.497 e. The van der Waals surface area contributed by atoms with Crippen LogP contribution in [0.4, 0.5) is 0 Å². The average molecular weight is 461 g/mol. The molecule has 0 bridgehead atoms. The van der Waals surface area contributed by atoms with Crippen molar-refractivity contribution in [2.75, 3.05) is 14.2 Å². The van der Waals surface area contributed by atoms with Crippen LogP contribution in [-0.4, -0.2) is 34.2 Å². The summed E-state index contributed by atoms with van der Waals surface area (Å²) in [5.41, 5.74) is 8.34. The SMILES string of the molecule is COc1cccc(-c2nc3ccc(Cc4ccc5nc(-c6cccc(OC)c6)[nH]c5c4)cc3[nH]2)c1. The number of hydrogen-bond donors (Lipinski definition) is 2. The number of benzene rings is 4. The van der Waals surface area contributed by atoms with Gasteiger partial charge in [-0.1, -0.05) is 36.4 Å². The summed E-state index contributed by atoms with van der Waals surface area (Å²) in [5, 5.41) is 0. The quantitative estimate of drug-likeness (QED) is 0.302. The Bertz CT molecular complexity index is 1540. The molecule has 172 valence electrons. The molecule has 6 heteroatoms. The number of H-pyrrole nitrogens is 2. The molecule has 0 unspecified atom stereocenters. The molecule has 2 heterocycles. The Labute approximate surface area is 202 Å². The fourth-order valence-corrected chi connectivity index (χ4v) is 4.38. The molecule has 6 rings (SSSR count). The van der Waals surface area contributed by atoms with Crippen molar-refractivity contribution >= 4 is 22.1 Å². The summed E-state index contributed by atoms with van der Waals surface area (Å²) >= 11 is 0. The Morgan fingerprint density at radius 3 is 1.54 bits per heavy atom. The van der Waals surface area contributed by atoms with E-state index in [4.69, 9.17) is 19.4 Å². The molecule has 0 aliphatic heterocycles. The lowest BCUT2D eigenvalue weighted by Crippen LogP contribution is -1.88. The fourth-order valence-electron chi connectivity index (χ4n) is 4.38. The molecule has 6 aromatic rings. The second-order valence-corrected chi connectivity index (χ2v) is 8.51. The summed E-state index contributed by atoms with van der Waals surface area (Å²) < 4.78 is 10.7. The van der Waals surface area contributed by atoms with Gasteiger partial charge in [0.05, 0.1) is 36.3 Å². The van der Waals surface area contributed by atoms with Gasteiger partial charge in [0.15, 0.2) is 0 Å². The van der Waals surface area contributed by atoms with Crippen LogP contribution in [0.1, 0.15) is 11.1 Å². The van der Waals surface area contributed by atoms with Gasteiger partial charge in [-0.3, -0.25) is 0 Å². The third-order valence-electron chi connectivity index (χ3n) is 6.19. The van der Waals surface area contributed by atoms with Gasteiger partial charge in [-0.2, -0.15) is 0 Å². The molecular weight excluding hydrogens is 436 g/mol. The topological polar surface area (TPSA) is 75.8 Å². The van der Waals surface area contributed by atoms with Gasteiger partial charge in [0, 0.05) is 11.1 Å². The van der Waals surface area contributed by atoms with E-state index in [1.54, 1.807) is 14.2 Å². The predicted molar refractivity (Wildman–Crippen MR) is 139 cm³/mol. The molecule has 0 saturated heterocycles. The van der Waals surface area contributed by atoms with Crippen molar-refractivity contribution < 1.29 is 9.47 Å². The first-order valence-electron chi connectivity index (χ1n) is 11.4. The predicted octanol–water partition coefficient (Wildman–Crippen LogP) is 6.38. The smallest absolute Gasteiger partial charge is 0.138 e. The molecule has 0 aliphatic carbocycles. The van der Waals surface area contributed by atoms with Crippen LogP contribution >= 0.6 is 0 Å². The number of hydrogen-bond acceptors (Lipinski definition) is 4. The standard InChI is InChI=1S/C29H24N4O2/c1-34-22-7-3-5-20(16-22)28-30-24-11-9-18(14-26(24)32-28)13-19-10-12-25-27(15-19)33-29(31-25)21-6-4-8-23(17-21)35-2/h3-12,14-17H,13H2,1-2H3,(H,30,32)(H,31,33). The number of ether oxygens (including phenoxy) is 2. The van der Waals surface area contributed by atoms with E-state index in [9.17, 15) is 0 Å². The highest BCUT2D eigenvalue weighted by molar-refractivity contribution is 5.82. The van der Waals surface area contributed by atoms with Crippen molar-refractivity contribution in [3.8, 4) is 34.3 Å². The van der Waals surface area contributed by atoms with Gasteiger partial charge in [-0.05, 0) is 66.1 Å². The van der Waals surface area contributed by atoms with E-state index < -0.39 is 0 Å². The van der Waals surface area contributed by atoms with E-state index in [0.29, 0.717) is 0 Å². The summed E-state index contributed by atoms with van der Waals surface area (Å²) in [4.78, 5) is 16.4. The molecule has 35 heavy (non-hydrogen) atoms. The summed E-state index contributed by atoms with van der Waals surface area (Å²) in [5.74, 6) is 3.29. The van der Waals surface area contributed by atoms with Crippen molar-refractivity contribution in [2.24, 2.45) is 0 Å². The van der Waals surface area contributed by atoms with Crippen molar-refractivity contribution in [3.05, 3.63) is 96.1 Å². The molecule has 2 aromatic heterocycles. The van der Waals surface area contributed by atoms with Crippen molar-refractivity contribution in [1.29, 1.82) is 0 Å². The number of nitrogens with zero attached hydrogens (tertiary/aromatic N) is 2. The number of methoxy groups -OCH3 is 2. The summed E-state index contributed by atoms with van der Waals surface area (Å²) in [7, 11) is 3.34. The van der Waals surface area contributed by atoms with Gasteiger partial charge in [0.25, 0.3) is 0 Å². The third-order valence-corrected chi connectivity index (χ3v) is 6.19. The first-order valence-corrected chi connectivity index (χ1v) is 11.4. The first-order chi connectivity index (χ1) is 17.2. The number of fused-ring (bicyclic) bond motifs is 2. The highest BCUT2D eigenvalue weighted by Crippen LogP contribution is 2.27. The van der Waals surface area contributed by atoms with Crippen LogP contribution in [0, 0.1) is 0 Å². The Morgan fingerprint density at radius 2 is 1.09 bits per heavy atom. The van der Waals surface area contributed by atoms with Gasteiger partial charge in [-0.25, -0.2) is 9.97 Å². The lowest BCUT2D eigenvalue weighted by atomic mass is 10.0. The molecule has 0 spiro atoms. The van der Waals surface area contributed by atoms with E-state index in [1.165, 1.54) is 11.1 Å². The maximum absolute atomic E-state index is 5.35. The van der Waals surface area contributed by atoms with Gasteiger partial charge in [0.1, 0.15) is 23.1 Å². The average Bonchev–Trinajstić information content (AvgIpc) is 3.52. The Morgan fingerprint density at radius 1 is 0.600 bits per heavy atom. The zero-order valence-corrected chi connectivity index (χ0v) is 19.5. The van der Waals surface area contributed by atoms with E-state index in [1.807, 2.05) is 48.5 Å². The molecule has 0 radical (unpaired) electrons. The maximum atomic E-state index is 5.35. The van der Waals surface area contributed by atoms with E-state index >= 15 is 0 Å². The number of aromatic nitrogens is 4. The van der Waals surface area contributed by atoms with E-state index in [-0.39, 0.29) is 0 Å². The number of imidazole rings is 2. The molecule has 0 aliphatic rings. The van der Waals surface area contributed by atoms with E-state index in [0.717, 1.165) is 62.8 Å². The number of rotatable bonds is 6. The van der Waals surface area contributed by atoms with Gasteiger partial charge < -0.3 is 19.4 Å². The number of aromatic amines is 2. The van der Waals surface area contributed by atoms with E-state index in [2.05, 4.69) is 46.4 Å². The Hall–Kier alpha value is -4.58. The minimum atomic E-state index is 0.812. The molecular formula is C29H24N4O2. The maximum Gasteiger partial charge on any atom is 0.138 e. The lowest BCUT2D eigenvalue weighted by Gasteiger charge is -2.02. The molecule has 4 aromatic carbocycles. The second kappa shape index (κ2) is 8.65. The molecule has 0 atom stereocenters. The van der Waals surface area contributed by atoms with Gasteiger partial charge >= 0.3 is 0 Å². The lowest BCUT2D eigenvalue weighted by molar-refractivity contribution is 0.415. The van der Waals surface area contributed by atoms with Gasteiger partial charge in [-0.15, -0.1) is 0 Å². The van der Waals surface area contributed by atoms with Crippen LogP contribution in [-0.2, 0) is 6.42 Å². The summed E-state index contributed by atoms with van der Waals surface area (Å²) in [6, 6.07) is 28.6. The monoisotopic (exact) mass is 460 g/mol. The summed E-state index contributed by atoms with van der Waals surface area (Å²) in [6.07, 6.45) is 0.812. The van der Waals surface area contributed by atoms with Crippen LogP contribution in [0.5, 0.6) is 11.5 Å². The van der Waals surface area contributed by atoms with Crippen molar-refractivity contribution in [1.82, 2.24) is 19.9 Å². The normalized spacial score (nSPS) is 11.3. The minimum absolute atomic E-state index is 0.812. The summed E-state index contributed by atoms with van der Waals surface area (Å²) in [6.45, 7) is 0. The molecule has 0 saturated carbocycles. The van der Waals surface area contributed by atoms with Gasteiger partial charge in [0.2, 0.25) is 0 Å². The molecule has 6 nitrogen and oxygen atoms in total. The fraction of sp³-hybridized carbons (Fsp3) is 0.103. The zero-order valence-electron chi connectivity index (χ0n) is 19.5. The van der Waals surface area contributed by atoms with Crippen LogP contribution in [0.2, 0.25) is 0 Å². The van der Waals surface area contributed by atoms with Crippen LogP contribution in [0.25, 0.3) is 44.8 Å². The highest BCUT2D eigenvalue weighted by atomic mass is 16.5. The second-order valence-electron chi connectivity index (χ2n) is 8.51. The Balaban J connectivity index is 1.27. The van der Waals surface area contributed by atoms with Crippen LogP contribution < -0.4 is 9.47 Å². The van der Waals surface area contributed by atoms with Crippen molar-refractivity contribution in [2.45, 2.75) is 6.42 Å². The largest absolute Gasteiger partial charge is 0.497 e. The van der Waals surface area contributed by atoms with Crippen molar-refractivity contribution in [3.63, 3.8) is 0 Å². The number of nitrogens with one attached hydrogen (secondary N) is 2. The first kappa shape index (κ1) is 21.0. The molecule has 0 fully saturated rings. The Kier molecular flexibility index (Phi) is 5.19. The van der Waals surface area contributed by atoms with Crippen LogP contribution in [0.15, 0.2) is 84.9 Å². The molecule has 0 amide bonds. The zero-order chi connectivity index (χ0) is 23.8. The van der Waals surface area contributed by atoms with Crippen LogP contribution in [0.3, 0.4) is 0 Å². The third kappa shape index (κ3) is 4.10. The molecule has 2 N–H and O–H groups in total.